The Morgan fingerprint density at radius 1 is 1.60 bits per heavy atom. The SMILES string of the molecule is N#Cc1ccc(CN2CCCC2CF)o1. The molecule has 0 N–H and O–H groups in total. The largest absolute Gasteiger partial charge is 0.449 e. The fraction of sp³-hybridized carbons (Fsp3) is 0.545. The summed E-state index contributed by atoms with van der Waals surface area (Å²) < 4.78 is 17.9. The lowest BCUT2D eigenvalue weighted by atomic mass is 10.2. The lowest BCUT2D eigenvalue weighted by Gasteiger charge is -2.20. The number of nitriles is 1. The van der Waals surface area contributed by atoms with Gasteiger partial charge in [0.25, 0.3) is 0 Å². The smallest absolute Gasteiger partial charge is 0.203 e. The molecule has 1 aliphatic rings. The average molecular weight is 208 g/mol. The zero-order valence-corrected chi connectivity index (χ0v) is 8.45. The van der Waals surface area contributed by atoms with Crippen LogP contribution in [0.15, 0.2) is 16.5 Å². The molecular formula is C11H13FN2O. The van der Waals surface area contributed by atoms with Crippen LogP contribution in [0, 0.1) is 11.3 Å². The average Bonchev–Trinajstić information content (AvgIpc) is 2.87. The summed E-state index contributed by atoms with van der Waals surface area (Å²) in [6.07, 6.45) is 1.96. The number of alkyl halides is 1. The summed E-state index contributed by atoms with van der Waals surface area (Å²) in [5.41, 5.74) is 0. The Kier molecular flexibility index (Phi) is 3.02. The van der Waals surface area contributed by atoms with Crippen molar-refractivity contribution in [2.75, 3.05) is 13.2 Å². The number of hydrogen-bond donors (Lipinski definition) is 0. The molecule has 1 aliphatic heterocycles. The summed E-state index contributed by atoms with van der Waals surface area (Å²) in [6.45, 7) is 1.22. The maximum absolute atomic E-state index is 12.6. The highest BCUT2D eigenvalue weighted by molar-refractivity contribution is 5.19. The summed E-state index contributed by atoms with van der Waals surface area (Å²) in [7, 11) is 0. The van der Waals surface area contributed by atoms with Gasteiger partial charge in [-0.25, -0.2) is 4.39 Å². The van der Waals surface area contributed by atoms with Crippen LogP contribution in [-0.2, 0) is 6.54 Å². The number of furan rings is 1. The highest BCUT2D eigenvalue weighted by atomic mass is 19.1. The van der Waals surface area contributed by atoms with Gasteiger partial charge in [0, 0.05) is 6.04 Å². The monoisotopic (exact) mass is 208 g/mol. The fourth-order valence-corrected chi connectivity index (χ4v) is 2.00. The van der Waals surface area contributed by atoms with Gasteiger partial charge < -0.3 is 4.42 Å². The fourth-order valence-electron chi connectivity index (χ4n) is 2.00. The Hall–Kier alpha value is -1.34. The molecule has 80 valence electrons. The molecule has 2 heterocycles. The zero-order chi connectivity index (χ0) is 10.7. The van der Waals surface area contributed by atoms with Crippen LogP contribution < -0.4 is 0 Å². The molecule has 3 nitrogen and oxygen atoms in total. The van der Waals surface area contributed by atoms with Crippen LogP contribution in [0.3, 0.4) is 0 Å². The second kappa shape index (κ2) is 4.45. The summed E-state index contributed by atoms with van der Waals surface area (Å²) in [4.78, 5) is 2.07. The molecule has 1 atom stereocenters. The minimum Gasteiger partial charge on any atom is -0.449 e. The van der Waals surface area contributed by atoms with Crippen molar-refractivity contribution in [3.05, 3.63) is 23.7 Å². The van der Waals surface area contributed by atoms with E-state index in [2.05, 4.69) is 4.90 Å². The molecule has 0 bridgehead atoms. The molecule has 1 fully saturated rings. The first-order valence-electron chi connectivity index (χ1n) is 5.12. The van der Waals surface area contributed by atoms with Gasteiger partial charge in [0.05, 0.1) is 6.54 Å². The van der Waals surface area contributed by atoms with E-state index in [4.69, 9.17) is 9.68 Å². The molecule has 0 aromatic carbocycles. The number of rotatable bonds is 3. The Balaban J connectivity index is 1.99. The molecule has 0 radical (unpaired) electrons. The van der Waals surface area contributed by atoms with Crippen molar-refractivity contribution < 1.29 is 8.81 Å². The Morgan fingerprint density at radius 3 is 3.13 bits per heavy atom. The van der Waals surface area contributed by atoms with E-state index in [9.17, 15) is 4.39 Å². The molecule has 1 unspecified atom stereocenters. The molecule has 15 heavy (non-hydrogen) atoms. The van der Waals surface area contributed by atoms with Crippen molar-refractivity contribution >= 4 is 0 Å². The van der Waals surface area contributed by atoms with Crippen LogP contribution in [0.2, 0.25) is 0 Å². The second-order valence-corrected chi connectivity index (χ2v) is 3.80. The summed E-state index contributed by atoms with van der Waals surface area (Å²) in [5.74, 6) is 1.06. The van der Waals surface area contributed by atoms with Crippen molar-refractivity contribution in [2.24, 2.45) is 0 Å². The first kappa shape index (κ1) is 10.2. The molecule has 0 aliphatic carbocycles. The molecule has 0 amide bonds. The lowest BCUT2D eigenvalue weighted by molar-refractivity contribution is 0.193. The zero-order valence-electron chi connectivity index (χ0n) is 8.45. The topological polar surface area (TPSA) is 40.2 Å². The summed E-state index contributed by atoms with van der Waals surface area (Å²) in [5, 5.41) is 8.59. The third-order valence-corrected chi connectivity index (χ3v) is 2.81. The maximum atomic E-state index is 12.6. The Bertz CT molecular complexity index is 369. The third-order valence-electron chi connectivity index (χ3n) is 2.81. The number of halogens is 1. The maximum Gasteiger partial charge on any atom is 0.203 e. The van der Waals surface area contributed by atoms with Crippen LogP contribution in [0.5, 0.6) is 0 Å². The highest BCUT2D eigenvalue weighted by Crippen LogP contribution is 2.21. The van der Waals surface area contributed by atoms with E-state index in [1.54, 1.807) is 12.1 Å². The third kappa shape index (κ3) is 2.18. The molecule has 1 saturated heterocycles. The molecule has 2 rings (SSSR count). The van der Waals surface area contributed by atoms with Gasteiger partial charge in [0.1, 0.15) is 18.5 Å². The Morgan fingerprint density at radius 2 is 2.47 bits per heavy atom. The van der Waals surface area contributed by atoms with E-state index in [0.29, 0.717) is 12.3 Å². The van der Waals surface area contributed by atoms with Crippen molar-refractivity contribution in [1.82, 2.24) is 4.90 Å². The second-order valence-electron chi connectivity index (χ2n) is 3.80. The van der Waals surface area contributed by atoms with Crippen LogP contribution in [0.25, 0.3) is 0 Å². The van der Waals surface area contributed by atoms with Gasteiger partial charge in [-0.3, -0.25) is 4.90 Å². The predicted molar refractivity (Wildman–Crippen MR) is 52.8 cm³/mol. The summed E-state index contributed by atoms with van der Waals surface area (Å²) >= 11 is 0. The minimum atomic E-state index is -0.300. The van der Waals surface area contributed by atoms with Crippen LogP contribution in [0.4, 0.5) is 4.39 Å². The van der Waals surface area contributed by atoms with E-state index in [0.717, 1.165) is 25.1 Å². The molecular weight excluding hydrogens is 195 g/mol. The lowest BCUT2D eigenvalue weighted by Crippen LogP contribution is -2.30. The van der Waals surface area contributed by atoms with Gasteiger partial charge in [-0.05, 0) is 31.5 Å². The predicted octanol–water partition coefficient (Wildman–Crippen LogP) is 2.09. The van der Waals surface area contributed by atoms with E-state index < -0.39 is 0 Å². The van der Waals surface area contributed by atoms with Crippen molar-refractivity contribution in [3.8, 4) is 6.07 Å². The normalized spacial score (nSPS) is 21.7. The van der Waals surface area contributed by atoms with Gasteiger partial charge in [-0.1, -0.05) is 0 Å². The standard InChI is InChI=1S/C11H13FN2O/c12-6-9-2-1-5-14(9)8-11-4-3-10(7-13)15-11/h3-4,9H,1-2,5-6,8H2. The van der Waals surface area contributed by atoms with Gasteiger partial charge in [0.2, 0.25) is 5.76 Å². The van der Waals surface area contributed by atoms with Crippen molar-refractivity contribution in [2.45, 2.75) is 25.4 Å². The first-order valence-corrected chi connectivity index (χ1v) is 5.12. The van der Waals surface area contributed by atoms with Gasteiger partial charge in [-0.2, -0.15) is 5.26 Å². The quantitative estimate of drug-likeness (QED) is 0.763. The minimum absolute atomic E-state index is 0.0284. The van der Waals surface area contributed by atoms with Crippen LogP contribution >= 0.6 is 0 Å². The highest BCUT2D eigenvalue weighted by Gasteiger charge is 2.24. The molecule has 0 saturated carbocycles. The van der Waals surface area contributed by atoms with Crippen LogP contribution in [-0.4, -0.2) is 24.2 Å². The van der Waals surface area contributed by atoms with E-state index in [1.807, 2.05) is 6.07 Å². The molecule has 0 spiro atoms. The number of hydrogen-bond acceptors (Lipinski definition) is 3. The van der Waals surface area contributed by atoms with E-state index >= 15 is 0 Å². The number of nitrogens with zero attached hydrogens (tertiary/aromatic N) is 2. The van der Waals surface area contributed by atoms with Gasteiger partial charge >= 0.3 is 0 Å². The summed E-state index contributed by atoms with van der Waals surface area (Å²) in [6, 6.07) is 5.40. The van der Waals surface area contributed by atoms with Gasteiger partial charge in [-0.15, -0.1) is 0 Å². The Labute approximate surface area is 88.1 Å². The molecule has 4 heteroatoms. The van der Waals surface area contributed by atoms with E-state index in [-0.39, 0.29) is 12.7 Å². The number of likely N-dealkylation sites (tertiary alicyclic amines) is 1. The van der Waals surface area contributed by atoms with Gasteiger partial charge in [0.15, 0.2) is 0 Å². The van der Waals surface area contributed by atoms with Crippen molar-refractivity contribution in [1.29, 1.82) is 5.26 Å². The van der Waals surface area contributed by atoms with Crippen molar-refractivity contribution in [3.63, 3.8) is 0 Å². The first-order chi connectivity index (χ1) is 7.33. The van der Waals surface area contributed by atoms with Crippen LogP contribution in [0.1, 0.15) is 24.4 Å². The van der Waals surface area contributed by atoms with E-state index in [1.165, 1.54) is 0 Å². The molecule has 1 aromatic heterocycles. The molecule has 1 aromatic rings.